The van der Waals surface area contributed by atoms with Gasteiger partial charge in [-0.15, -0.1) is 0 Å². The Morgan fingerprint density at radius 2 is 2.00 bits per heavy atom. The lowest BCUT2D eigenvalue weighted by Crippen LogP contribution is -2.15. The number of rotatable bonds is 4. The molecule has 1 N–H and O–H groups in total. The van der Waals surface area contributed by atoms with Crippen molar-refractivity contribution in [3.8, 4) is 5.75 Å². The molecule has 0 radical (unpaired) electrons. The van der Waals surface area contributed by atoms with Crippen molar-refractivity contribution in [3.05, 3.63) is 22.2 Å². The number of carbonyl (C=O) groups is 1. The topological polar surface area (TPSA) is 47.6 Å². The normalized spacial score (nSPS) is 9.75. The maximum absolute atomic E-state index is 10.9. The van der Waals surface area contributed by atoms with Gasteiger partial charge in [-0.3, -0.25) is 4.79 Å². The molecule has 0 fully saturated rings. The van der Waals surface area contributed by atoms with E-state index in [4.69, 9.17) is 27.9 Å². The van der Waals surface area contributed by atoms with Gasteiger partial charge in [-0.25, -0.2) is 0 Å². The first-order valence-corrected chi connectivity index (χ1v) is 5.18. The summed E-state index contributed by atoms with van der Waals surface area (Å²) >= 11 is 11.9. The van der Waals surface area contributed by atoms with E-state index in [9.17, 15) is 4.79 Å². The van der Waals surface area contributed by atoms with E-state index in [1.807, 2.05) is 0 Å². The van der Waals surface area contributed by atoms with Crippen LogP contribution >= 0.6 is 23.2 Å². The van der Waals surface area contributed by atoms with Crippen molar-refractivity contribution in [1.82, 2.24) is 0 Å². The Hall–Kier alpha value is -1.13. The average Bonchev–Trinajstić information content (AvgIpc) is 2.30. The quantitative estimate of drug-likeness (QED) is 0.849. The zero-order chi connectivity index (χ0) is 12.1. The van der Waals surface area contributed by atoms with E-state index in [0.29, 0.717) is 21.5 Å². The molecule has 0 heterocycles. The van der Waals surface area contributed by atoms with Gasteiger partial charge < -0.3 is 14.8 Å². The molecule has 1 aromatic carbocycles. The summed E-state index contributed by atoms with van der Waals surface area (Å²) in [4.78, 5) is 10.9. The van der Waals surface area contributed by atoms with Gasteiger partial charge in [-0.05, 0) is 12.1 Å². The first-order valence-electron chi connectivity index (χ1n) is 4.42. The van der Waals surface area contributed by atoms with Crippen molar-refractivity contribution in [3.63, 3.8) is 0 Å². The van der Waals surface area contributed by atoms with Crippen molar-refractivity contribution in [2.45, 2.75) is 0 Å². The summed E-state index contributed by atoms with van der Waals surface area (Å²) in [5, 5.41) is 3.42. The Bertz CT molecular complexity index is 396. The number of hydrogen-bond acceptors (Lipinski definition) is 4. The molecule has 0 atom stereocenters. The molecule has 1 aromatic rings. The minimum absolute atomic E-state index is 0.0267. The second-order valence-corrected chi connectivity index (χ2v) is 3.63. The second-order valence-electron chi connectivity index (χ2n) is 2.87. The van der Waals surface area contributed by atoms with Gasteiger partial charge in [0, 0.05) is 0 Å². The Labute approximate surface area is 103 Å². The highest BCUT2D eigenvalue weighted by atomic mass is 35.5. The van der Waals surface area contributed by atoms with Crippen LogP contribution in [-0.2, 0) is 9.53 Å². The van der Waals surface area contributed by atoms with Gasteiger partial charge in [0.1, 0.15) is 17.3 Å². The third-order valence-corrected chi connectivity index (χ3v) is 2.78. The van der Waals surface area contributed by atoms with Crippen molar-refractivity contribution < 1.29 is 14.3 Å². The molecule has 0 saturated carbocycles. The lowest BCUT2D eigenvalue weighted by atomic mass is 10.3. The van der Waals surface area contributed by atoms with E-state index >= 15 is 0 Å². The molecule has 0 bridgehead atoms. The van der Waals surface area contributed by atoms with Crippen LogP contribution in [-0.4, -0.2) is 26.7 Å². The summed E-state index contributed by atoms with van der Waals surface area (Å²) in [6.45, 7) is 0.0267. The van der Waals surface area contributed by atoms with Crippen LogP contribution in [0.25, 0.3) is 0 Å². The highest BCUT2D eigenvalue weighted by Crippen LogP contribution is 2.37. The maximum Gasteiger partial charge on any atom is 0.325 e. The first-order chi connectivity index (χ1) is 7.60. The van der Waals surface area contributed by atoms with Crippen LogP contribution < -0.4 is 10.1 Å². The zero-order valence-corrected chi connectivity index (χ0v) is 10.4. The standard InChI is InChI=1S/C10H11Cl2NO3/c1-15-7-4-3-6(9(11)10(7)12)13-5-8(14)16-2/h3-4,13H,5H2,1-2H3. The number of nitrogens with one attached hydrogen (secondary N) is 1. The Balaban J connectivity index is 2.82. The van der Waals surface area contributed by atoms with Crippen LogP contribution in [0.5, 0.6) is 5.75 Å². The lowest BCUT2D eigenvalue weighted by molar-refractivity contribution is -0.138. The van der Waals surface area contributed by atoms with Crippen LogP contribution in [0.2, 0.25) is 10.0 Å². The molecular formula is C10H11Cl2NO3. The van der Waals surface area contributed by atoms with E-state index in [2.05, 4.69) is 10.1 Å². The number of halogens is 2. The lowest BCUT2D eigenvalue weighted by Gasteiger charge is -2.10. The summed E-state index contributed by atoms with van der Waals surface area (Å²) in [5.74, 6) is 0.0956. The van der Waals surface area contributed by atoms with Crippen LogP contribution in [0.15, 0.2) is 12.1 Å². The zero-order valence-electron chi connectivity index (χ0n) is 8.84. The summed E-state index contributed by atoms with van der Waals surface area (Å²) in [6, 6.07) is 3.34. The van der Waals surface area contributed by atoms with Crippen LogP contribution in [0.1, 0.15) is 0 Å². The molecule has 0 saturated heterocycles. The number of hydrogen-bond donors (Lipinski definition) is 1. The number of esters is 1. The van der Waals surface area contributed by atoms with E-state index < -0.39 is 0 Å². The summed E-state index contributed by atoms with van der Waals surface area (Å²) in [5.41, 5.74) is 0.554. The molecule has 0 aliphatic heterocycles. The molecular weight excluding hydrogens is 253 g/mol. The third kappa shape index (κ3) is 2.93. The molecule has 0 aromatic heterocycles. The fraction of sp³-hybridized carbons (Fsp3) is 0.300. The minimum atomic E-state index is -0.386. The van der Waals surface area contributed by atoms with Gasteiger partial charge in [0.25, 0.3) is 0 Å². The van der Waals surface area contributed by atoms with Crippen molar-refractivity contribution in [1.29, 1.82) is 0 Å². The highest BCUT2D eigenvalue weighted by molar-refractivity contribution is 6.44. The molecule has 0 aliphatic rings. The van der Waals surface area contributed by atoms with Crippen molar-refractivity contribution >= 4 is 34.9 Å². The van der Waals surface area contributed by atoms with Gasteiger partial charge in [-0.2, -0.15) is 0 Å². The summed E-state index contributed by atoms with van der Waals surface area (Å²) in [6.07, 6.45) is 0. The third-order valence-electron chi connectivity index (χ3n) is 1.92. The van der Waals surface area contributed by atoms with Crippen molar-refractivity contribution in [2.24, 2.45) is 0 Å². The molecule has 6 heteroatoms. The molecule has 1 rings (SSSR count). The first kappa shape index (κ1) is 12.9. The van der Waals surface area contributed by atoms with Crippen LogP contribution in [0, 0.1) is 0 Å². The number of carbonyl (C=O) groups excluding carboxylic acids is 1. The predicted octanol–water partition coefficient (Wildman–Crippen LogP) is 2.59. The number of methoxy groups -OCH3 is 2. The number of anilines is 1. The highest BCUT2D eigenvalue weighted by Gasteiger charge is 2.11. The summed E-state index contributed by atoms with van der Waals surface area (Å²) in [7, 11) is 2.81. The van der Waals surface area contributed by atoms with E-state index in [0.717, 1.165) is 0 Å². The molecule has 16 heavy (non-hydrogen) atoms. The Morgan fingerprint density at radius 3 is 2.56 bits per heavy atom. The number of ether oxygens (including phenoxy) is 2. The van der Waals surface area contributed by atoms with Gasteiger partial charge in [0.05, 0.1) is 24.9 Å². The van der Waals surface area contributed by atoms with E-state index in [1.165, 1.54) is 14.2 Å². The smallest absolute Gasteiger partial charge is 0.325 e. The molecule has 88 valence electrons. The number of benzene rings is 1. The Morgan fingerprint density at radius 1 is 1.31 bits per heavy atom. The Kier molecular flexibility index (Phi) is 4.71. The molecule has 0 spiro atoms. The van der Waals surface area contributed by atoms with Crippen LogP contribution in [0.4, 0.5) is 5.69 Å². The van der Waals surface area contributed by atoms with Crippen molar-refractivity contribution in [2.75, 3.05) is 26.1 Å². The van der Waals surface area contributed by atoms with Gasteiger partial charge >= 0.3 is 5.97 Å². The summed E-state index contributed by atoms with van der Waals surface area (Å²) < 4.78 is 9.48. The average molecular weight is 264 g/mol. The predicted molar refractivity (Wildman–Crippen MR) is 63.5 cm³/mol. The largest absolute Gasteiger partial charge is 0.495 e. The van der Waals surface area contributed by atoms with E-state index in [-0.39, 0.29) is 12.5 Å². The minimum Gasteiger partial charge on any atom is -0.495 e. The van der Waals surface area contributed by atoms with Crippen LogP contribution in [0.3, 0.4) is 0 Å². The monoisotopic (exact) mass is 263 g/mol. The van der Waals surface area contributed by atoms with Gasteiger partial charge in [0.2, 0.25) is 0 Å². The van der Waals surface area contributed by atoms with E-state index in [1.54, 1.807) is 12.1 Å². The second kappa shape index (κ2) is 5.82. The fourth-order valence-electron chi connectivity index (χ4n) is 1.07. The maximum atomic E-state index is 10.9. The molecule has 4 nitrogen and oxygen atoms in total. The molecule has 0 amide bonds. The molecule has 0 aliphatic carbocycles. The fourth-order valence-corrected chi connectivity index (χ4v) is 1.53. The SMILES string of the molecule is COC(=O)CNc1ccc(OC)c(Cl)c1Cl. The van der Waals surface area contributed by atoms with Gasteiger partial charge in [0.15, 0.2) is 0 Å². The molecule has 0 unspecified atom stereocenters. The van der Waals surface area contributed by atoms with Gasteiger partial charge in [-0.1, -0.05) is 23.2 Å².